The molecule has 170 valence electrons. The number of nitrogens with zero attached hydrogens (tertiary/aromatic N) is 4. The van der Waals surface area contributed by atoms with Crippen LogP contribution in [0.3, 0.4) is 0 Å². The molecule has 3 aliphatic heterocycles. The van der Waals surface area contributed by atoms with Crippen molar-refractivity contribution in [2.75, 3.05) is 31.8 Å². The van der Waals surface area contributed by atoms with Crippen LogP contribution in [-0.2, 0) is 17.0 Å². The molecule has 6 rings (SSSR count). The second kappa shape index (κ2) is 7.61. The first-order valence-corrected chi connectivity index (χ1v) is 11.5. The molecule has 2 aromatic rings. The molecule has 1 spiro atoms. The molecule has 4 aliphatic rings. The molecule has 1 saturated heterocycles. The van der Waals surface area contributed by atoms with Gasteiger partial charge in [0, 0.05) is 24.2 Å². The maximum atomic E-state index is 14.1. The number of aryl methyl sites for hydroxylation is 1. The van der Waals surface area contributed by atoms with Crippen molar-refractivity contribution in [3.63, 3.8) is 0 Å². The minimum absolute atomic E-state index is 0.231. The Morgan fingerprint density at radius 2 is 2.09 bits per heavy atom. The maximum absolute atomic E-state index is 14.1. The number of ether oxygens (including phenoxy) is 1. The Bertz CT molecular complexity index is 1220. The summed E-state index contributed by atoms with van der Waals surface area (Å²) in [5, 5.41) is 4.53. The summed E-state index contributed by atoms with van der Waals surface area (Å²) in [5.41, 5.74) is 5.76. The Morgan fingerprint density at radius 3 is 2.91 bits per heavy atom. The predicted octanol–water partition coefficient (Wildman–Crippen LogP) is 4.69. The number of hydrogen-bond donors (Lipinski definition) is 0. The van der Waals surface area contributed by atoms with Gasteiger partial charge in [-0.1, -0.05) is 17.3 Å². The Labute approximate surface area is 193 Å². The first-order chi connectivity index (χ1) is 16.1. The molecule has 0 saturated carbocycles. The average molecular weight is 447 g/mol. The summed E-state index contributed by atoms with van der Waals surface area (Å²) >= 11 is 0. The highest BCUT2D eigenvalue weighted by Crippen LogP contribution is 2.48. The number of halogens is 1. The molecular weight excluding hydrogens is 419 g/mol. The van der Waals surface area contributed by atoms with Crippen molar-refractivity contribution in [2.24, 2.45) is 10.1 Å². The van der Waals surface area contributed by atoms with Crippen LogP contribution in [0.1, 0.15) is 42.9 Å². The minimum Gasteiger partial charge on any atom is -0.495 e. The number of benzene rings is 2. The quantitative estimate of drug-likeness (QED) is 0.686. The normalized spacial score (nSPS) is 24.6. The number of fused-ring (bicyclic) bond motifs is 4. The van der Waals surface area contributed by atoms with E-state index in [9.17, 15) is 4.39 Å². The van der Waals surface area contributed by atoms with Gasteiger partial charge in [0.2, 0.25) is 5.72 Å². The smallest absolute Gasteiger partial charge is 0.237 e. The Hall–Kier alpha value is -3.35. The number of amidine groups is 1. The Kier molecular flexibility index (Phi) is 4.67. The van der Waals surface area contributed by atoms with Gasteiger partial charge in [-0.15, -0.1) is 0 Å². The third-order valence-electron chi connectivity index (χ3n) is 7.13. The highest BCUT2D eigenvalue weighted by atomic mass is 19.1. The van der Waals surface area contributed by atoms with E-state index in [1.807, 2.05) is 13.0 Å². The Morgan fingerprint density at radius 1 is 1.18 bits per heavy atom. The SMILES string of the molecule is COc1cc(C=C2CCCN3C2=NOC32CCc3ccc(F)cc32)ccc1N1CN=C(C)C1. The minimum atomic E-state index is -0.679. The fraction of sp³-hybridized carbons (Fsp3) is 0.385. The van der Waals surface area contributed by atoms with Gasteiger partial charge in [0.1, 0.15) is 18.2 Å². The number of anilines is 1. The summed E-state index contributed by atoms with van der Waals surface area (Å²) in [5.74, 6) is 1.47. The molecule has 0 radical (unpaired) electrons. The fourth-order valence-corrected chi connectivity index (χ4v) is 5.52. The van der Waals surface area contributed by atoms with Crippen molar-refractivity contribution in [1.82, 2.24) is 4.90 Å². The number of aliphatic imine (C=N–C) groups is 1. The van der Waals surface area contributed by atoms with E-state index in [1.165, 1.54) is 6.07 Å². The molecule has 0 N–H and O–H groups in total. The standard InChI is InChI=1S/C26H27FN4O2/c1-17-15-30(16-28-17)23-8-5-18(13-24(23)32-2)12-20-4-3-11-31-25(20)29-33-26(31)10-9-19-6-7-21(27)14-22(19)26/h5-8,12-14H,3-4,9-11,15-16H2,1-2H3. The second-order valence-corrected chi connectivity index (χ2v) is 9.18. The van der Waals surface area contributed by atoms with Crippen molar-refractivity contribution < 1.29 is 14.0 Å². The van der Waals surface area contributed by atoms with E-state index in [0.29, 0.717) is 6.67 Å². The van der Waals surface area contributed by atoms with Crippen molar-refractivity contribution >= 4 is 23.3 Å². The zero-order chi connectivity index (χ0) is 22.6. The van der Waals surface area contributed by atoms with E-state index >= 15 is 0 Å². The lowest BCUT2D eigenvalue weighted by molar-refractivity contribution is -0.105. The summed E-state index contributed by atoms with van der Waals surface area (Å²) in [7, 11) is 1.71. The van der Waals surface area contributed by atoms with Gasteiger partial charge in [-0.05, 0) is 73.2 Å². The molecule has 33 heavy (non-hydrogen) atoms. The van der Waals surface area contributed by atoms with Gasteiger partial charge < -0.3 is 19.4 Å². The van der Waals surface area contributed by atoms with Gasteiger partial charge in [0.15, 0.2) is 5.84 Å². The summed E-state index contributed by atoms with van der Waals surface area (Å²) in [4.78, 5) is 15.0. The van der Waals surface area contributed by atoms with E-state index in [0.717, 1.165) is 84.0 Å². The van der Waals surface area contributed by atoms with Gasteiger partial charge in [-0.2, -0.15) is 0 Å². The van der Waals surface area contributed by atoms with Crippen LogP contribution in [0.2, 0.25) is 0 Å². The molecule has 1 fully saturated rings. The third kappa shape index (κ3) is 3.21. The number of methoxy groups -OCH3 is 1. The van der Waals surface area contributed by atoms with Crippen LogP contribution in [0.5, 0.6) is 5.75 Å². The van der Waals surface area contributed by atoms with Crippen LogP contribution in [0.4, 0.5) is 10.1 Å². The van der Waals surface area contributed by atoms with Crippen LogP contribution in [0, 0.1) is 5.82 Å². The first kappa shape index (κ1) is 20.3. The van der Waals surface area contributed by atoms with Crippen LogP contribution < -0.4 is 9.64 Å². The van der Waals surface area contributed by atoms with E-state index < -0.39 is 5.72 Å². The van der Waals surface area contributed by atoms with Gasteiger partial charge in [0.25, 0.3) is 0 Å². The topological polar surface area (TPSA) is 49.7 Å². The molecule has 3 heterocycles. The monoisotopic (exact) mass is 446 g/mol. The molecule has 1 unspecified atom stereocenters. The average Bonchev–Trinajstić information content (AvgIpc) is 3.53. The molecule has 0 aromatic heterocycles. The van der Waals surface area contributed by atoms with E-state index in [-0.39, 0.29) is 5.82 Å². The van der Waals surface area contributed by atoms with Gasteiger partial charge in [-0.25, -0.2) is 4.39 Å². The lowest BCUT2D eigenvalue weighted by Crippen LogP contribution is -2.47. The van der Waals surface area contributed by atoms with Crippen molar-refractivity contribution in [1.29, 1.82) is 0 Å². The van der Waals surface area contributed by atoms with Crippen LogP contribution in [0.15, 0.2) is 52.1 Å². The highest BCUT2D eigenvalue weighted by Gasteiger charge is 2.53. The van der Waals surface area contributed by atoms with E-state index in [1.54, 1.807) is 13.2 Å². The molecule has 2 aromatic carbocycles. The van der Waals surface area contributed by atoms with E-state index in [2.05, 4.69) is 44.2 Å². The largest absolute Gasteiger partial charge is 0.495 e. The second-order valence-electron chi connectivity index (χ2n) is 9.18. The van der Waals surface area contributed by atoms with Crippen LogP contribution in [-0.4, -0.2) is 43.3 Å². The number of rotatable bonds is 3. The van der Waals surface area contributed by atoms with Crippen LogP contribution in [0.25, 0.3) is 6.08 Å². The highest BCUT2D eigenvalue weighted by molar-refractivity contribution is 6.03. The third-order valence-corrected chi connectivity index (χ3v) is 7.13. The molecule has 6 nitrogen and oxygen atoms in total. The summed E-state index contributed by atoms with van der Waals surface area (Å²) in [6, 6.07) is 11.3. The lowest BCUT2D eigenvalue weighted by atomic mass is 9.95. The molecule has 7 heteroatoms. The number of hydrogen-bond acceptors (Lipinski definition) is 6. The zero-order valence-electron chi connectivity index (χ0n) is 19.0. The summed E-state index contributed by atoms with van der Waals surface area (Å²) in [6.07, 6.45) is 5.75. The van der Waals surface area contributed by atoms with E-state index in [4.69, 9.17) is 9.57 Å². The van der Waals surface area contributed by atoms with Crippen molar-refractivity contribution in [3.05, 3.63) is 64.5 Å². The first-order valence-electron chi connectivity index (χ1n) is 11.5. The van der Waals surface area contributed by atoms with Crippen molar-refractivity contribution in [3.8, 4) is 5.75 Å². The maximum Gasteiger partial charge on any atom is 0.237 e. The van der Waals surface area contributed by atoms with Gasteiger partial charge in [0.05, 0.1) is 19.3 Å². The molecule has 0 bridgehead atoms. The fourth-order valence-electron chi connectivity index (χ4n) is 5.52. The van der Waals surface area contributed by atoms with Gasteiger partial charge >= 0.3 is 0 Å². The lowest BCUT2D eigenvalue weighted by Gasteiger charge is -2.38. The van der Waals surface area contributed by atoms with Crippen molar-refractivity contribution in [2.45, 2.75) is 38.3 Å². The Balaban J connectivity index is 1.30. The molecular formula is C26H27FN4O2. The molecule has 1 aliphatic carbocycles. The van der Waals surface area contributed by atoms with Gasteiger partial charge in [-0.3, -0.25) is 4.99 Å². The molecule has 1 atom stereocenters. The predicted molar refractivity (Wildman–Crippen MR) is 127 cm³/mol. The number of oxime groups is 1. The summed E-state index contributed by atoms with van der Waals surface area (Å²) < 4.78 is 19.8. The summed E-state index contributed by atoms with van der Waals surface area (Å²) in [6.45, 7) is 4.39. The van der Waals surface area contributed by atoms with Crippen LogP contribution >= 0.6 is 0 Å². The molecule has 0 amide bonds. The zero-order valence-corrected chi connectivity index (χ0v) is 19.0. The number of piperidine rings is 1.